The minimum Gasteiger partial charge on any atom is -0.788 e. The Morgan fingerprint density at radius 1 is 1.08 bits per heavy atom. The Balaban J connectivity index is 2.73. The van der Waals surface area contributed by atoms with E-state index in [4.69, 9.17) is 4.74 Å². The Kier molecular flexibility index (Phi) is 10.8. The van der Waals surface area contributed by atoms with Crippen LogP contribution in [-0.4, -0.2) is 19.8 Å². The van der Waals surface area contributed by atoms with Crippen LogP contribution >= 0.6 is 0 Å². The van der Waals surface area contributed by atoms with Crippen molar-refractivity contribution in [2.45, 2.75) is 39.0 Å². The summed E-state index contributed by atoms with van der Waals surface area (Å²) in [4.78, 5) is 0. The van der Waals surface area contributed by atoms with Gasteiger partial charge in [0.15, 0.2) is 0 Å². The molecule has 12 heavy (non-hydrogen) atoms. The fraction of sp³-hybridized carbons (Fsp3) is 1.00. The van der Waals surface area contributed by atoms with Crippen molar-refractivity contribution in [1.82, 2.24) is 5.48 Å². The lowest BCUT2D eigenvalue weighted by molar-refractivity contribution is 0.128. The van der Waals surface area contributed by atoms with Crippen molar-refractivity contribution in [2.24, 2.45) is 0 Å². The van der Waals surface area contributed by atoms with Crippen LogP contribution in [0.4, 0.5) is 0 Å². The van der Waals surface area contributed by atoms with Gasteiger partial charge in [0.2, 0.25) is 0 Å². The van der Waals surface area contributed by atoms with Crippen molar-refractivity contribution in [3.8, 4) is 0 Å². The van der Waals surface area contributed by atoms with Crippen LogP contribution in [0.5, 0.6) is 0 Å². The third kappa shape index (κ3) is 9.88. The van der Waals surface area contributed by atoms with Crippen molar-refractivity contribution < 1.29 is 4.74 Å². The fourth-order valence-corrected chi connectivity index (χ4v) is 0.979. The van der Waals surface area contributed by atoms with Gasteiger partial charge in [-0.15, -0.1) is 0 Å². The lowest BCUT2D eigenvalue weighted by Crippen LogP contribution is -2.08. The standard InChI is InChI=1S/C9H20NO2/c1-2-3-4-5-8-12-9-6-7-10-11/h10H,2-9H2,1H3/q-1. The van der Waals surface area contributed by atoms with Crippen molar-refractivity contribution in [3.05, 3.63) is 5.21 Å². The molecule has 3 nitrogen and oxygen atoms in total. The highest BCUT2D eigenvalue weighted by Crippen LogP contribution is 1.98. The predicted molar refractivity (Wildman–Crippen MR) is 50.9 cm³/mol. The van der Waals surface area contributed by atoms with E-state index in [0.29, 0.717) is 13.2 Å². The lowest BCUT2D eigenvalue weighted by Gasteiger charge is -2.07. The zero-order chi connectivity index (χ0) is 9.07. The van der Waals surface area contributed by atoms with Gasteiger partial charge in [-0.2, -0.15) is 0 Å². The number of hydroxylamine groups is 1. The molecule has 1 N–H and O–H groups in total. The molecule has 0 bridgehead atoms. The molecule has 0 aromatic carbocycles. The normalized spacial score (nSPS) is 10.5. The molecular formula is C9H20NO2-. The van der Waals surface area contributed by atoms with Crippen molar-refractivity contribution in [1.29, 1.82) is 0 Å². The smallest absolute Gasteiger partial charge is 0.0477 e. The van der Waals surface area contributed by atoms with Crippen molar-refractivity contribution in [3.63, 3.8) is 0 Å². The maximum Gasteiger partial charge on any atom is 0.0477 e. The molecule has 0 aliphatic heterocycles. The summed E-state index contributed by atoms with van der Waals surface area (Å²) < 4.78 is 5.30. The van der Waals surface area contributed by atoms with E-state index >= 15 is 0 Å². The van der Waals surface area contributed by atoms with Gasteiger partial charge in [0.25, 0.3) is 0 Å². The molecule has 0 unspecified atom stereocenters. The second kappa shape index (κ2) is 10.9. The minimum absolute atomic E-state index is 0.509. The van der Waals surface area contributed by atoms with E-state index in [-0.39, 0.29) is 0 Å². The molecule has 0 aromatic heterocycles. The van der Waals surface area contributed by atoms with Gasteiger partial charge in [-0.05, 0) is 19.4 Å². The number of hydrogen-bond donors (Lipinski definition) is 1. The Labute approximate surface area is 75.1 Å². The zero-order valence-corrected chi connectivity index (χ0v) is 7.97. The van der Waals surface area contributed by atoms with Gasteiger partial charge in [0.1, 0.15) is 0 Å². The first-order valence-electron chi connectivity index (χ1n) is 4.84. The summed E-state index contributed by atoms with van der Waals surface area (Å²) >= 11 is 0. The molecule has 0 aromatic rings. The molecular weight excluding hydrogens is 154 g/mol. The largest absolute Gasteiger partial charge is 0.788 e. The topological polar surface area (TPSA) is 44.3 Å². The van der Waals surface area contributed by atoms with Crippen LogP contribution in [0.2, 0.25) is 0 Å². The first-order valence-corrected chi connectivity index (χ1v) is 4.84. The van der Waals surface area contributed by atoms with Crippen molar-refractivity contribution in [2.75, 3.05) is 19.8 Å². The highest BCUT2D eigenvalue weighted by atomic mass is 16.5. The molecule has 0 saturated heterocycles. The number of rotatable bonds is 9. The molecule has 0 spiro atoms. The molecule has 0 rings (SSSR count). The van der Waals surface area contributed by atoms with Crippen LogP contribution in [0.1, 0.15) is 39.0 Å². The molecule has 0 radical (unpaired) electrons. The van der Waals surface area contributed by atoms with Gasteiger partial charge in [0.05, 0.1) is 0 Å². The summed E-state index contributed by atoms with van der Waals surface area (Å²) in [7, 11) is 0. The average Bonchev–Trinajstić information content (AvgIpc) is 2.10. The summed E-state index contributed by atoms with van der Waals surface area (Å²) in [6.45, 7) is 4.26. The molecule has 0 saturated carbocycles. The average molecular weight is 174 g/mol. The van der Waals surface area contributed by atoms with E-state index < -0.39 is 0 Å². The lowest BCUT2D eigenvalue weighted by atomic mass is 10.2. The number of unbranched alkanes of at least 4 members (excludes halogenated alkanes) is 3. The second-order valence-corrected chi connectivity index (χ2v) is 2.92. The fourth-order valence-electron chi connectivity index (χ4n) is 0.979. The molecule has 74 valence electrons. The van der Waals surface area contributed by atoms with Gasteiger partial charge in [-0.3, -0.25) is 0 Å². The Hall–Kier alpha value is -0.120. The van der Waals surface area contributed by atoms with Crippen LogP contribution < -0.4 is 5.48 Å². The van der Waals surface area contributed by atoms with Crippen LogP contribution in [0.3, 0.4) is 0 Å². The molecule has 0 aliphatic carbocycles. The molecule has 0 atom stereocenters. The van der Waals surface area contributed by atoms with E-state index in [9.17, 15) is 5.21 Å². The molecule has 0 fully saturated rings. The SMILES string of the molecule is CCCCCCOCCCN[O-]. The van der Waals surface area contributed by atoms with E-state index in [1.165, 1.54) is 19.3 Å². The summed E-state index contributed by atoms with van der Waals surface area (Å²) in [5.74, 6) is 0. The van der Waals surface area contributed by atoms with Crippen LogP contribution in [-0.2, 0) is 4.74 Å². The monoisotopic (exact) mass is 174 g/mol. The van der Waals surface area contributed by atoms with E-state index in [2.05, 4.69) is 6.92 Å². The maximum atomic E-state index is 9.80. The zero-order valence-electron chi connectivity index (χ0n) is 7.97. The summed E-state index contributed by atoms with van der Waals surface area (Å²) in [5.41, 5.74) is 1.85. The number of hydrogen-bond acceptors (Lipinski definition) is 3. The molecule has 0 heterocycles. The third-order valence-corrected chi connectivity index (χ3v) is 1.71. The molecule has 0 amide bonds. The van der Waals surface area contributed by atoms with Crippen LogP contribution in [0.15, 0.2) is 0 Å². The molecule has 3 heteroatoms. The Bertz CT molecular complexity index is 68.9. The van der Waals surface area contributed by atoms with Crippen LogP contribution in [0.25, 0.3) is 0 Å². The predicted octanol–water partition coefficient (Wildman–Crippen LogP) is 2.06. The first-order chi connectivity index (χ1) is 5.91. The van der Waals surface area contributed by atoms with Gasteiger partial charge in [-0.25, -0.2) is 0 Å². The van der Waals surface area contributed by atoms with E-state index in [0.717, 1.165) is 19.4 Å². The maximum absolute atomic E-state index is 9.80. The summed E-state index contributed by atoms with van der Waals surface area (Å²) in [5, 5.41) is 9.80. The number of nitrogens with one attached hydrogen (secondary N) is 1. The van der Waals surface area contributed by atoms with Gasteiger partial charge in [0, 0.05) is 13.2 Å². The summed E-state index contributed by atoms with van der Waals surface area (Å²) in [6, 6.07) is 0. The second-order valence-electron chi connectivity index (χ2n) is 2.92. The quantitative estimate of drug-likeness (QED) is 0.430. The van der Waals surface area contributed by atoms with E-state index in [1.807, 2.05) is 5.48 Å². The minimum atomic E-state index is 0.509. The van der Waals surface area contributed by atoms with Gasteiger partial charge >= 0.3 is 0 Å². The molecule has 0 aliphatic rings. The third-order valence-electron chi connectivity index (χ3n) is 1.71. The number of ether oxygens (including phenoxy) is 1. The van der Waals surface area contributed by atoms with Crippen molar-refractivity contribution >= 4 is 0 Å². The summed E-state index contributed by atoms with van der Waals surface area (Å²) in [6.07, 6.45) is 5.79. The van der Waals surface area contributed by atoms with E-state index in [1.54, 1.807) is 0 Å². The Morgan fingerprint density at radius 2 is 1.83 bits per heavy atom. The Morgan fingerprint density at radius 3 is 2.50 bits per heavy atom. The first kappa shape index (κ1) is 11.9. The van der Waals surface area contributed by atoms with Crippen LogP contribution in [0, 0.1) is 5.21 Å². The van der Waals surface area contributed by atoms with Gasteiger partial charge < -0.3 is 15.4 Å². The highest BCUT2D eigenvalue weighted by Gasteiger charge is 1.88. The van der Waals surface area contributed by atoms with Gasteiger partial charge in [-0.1, -0.05) is 26.2 Å². The highest BCUT2D eigenvalue weighted by molar-refractivity contribution is 4.44.